The van der Waals surface area contributed by atoms with E-state index in [4.69, 9.17) is 33.7 Å². The van der Waals surface area contributed by atoms with E-state index in [0.29, 0.717) is 17.7 Å². The number of hydrogen-bond acceptors (Lipinski definition) is 5. The minimum absolute atomic E-state index is 0.101. The number of anilines is 1. The number of rotatable bonds is 4. The Bertz CT molecular complexity index is 895. The molecule has 2 aromatic carbocycles. The number of carbonyl (C=O) groups is 2. The summed E-state index contributed by atoms with van der Waals surface area (Å²) < 4.78 is 9.95. The number of hydrogen-bond donors (Lipinski definition) is 1. The van der Waals surface area contributed by atoms with Gasteiger partial charge in [-0.25, -0.2) is 4.79 Å². The number of ether oxygens (including phenoxy) is 2. The average Bonchev–Trinajstić information content (AvgIpc) is 2.88. The molecular weight excluding hydrogens is 377 g/mol. The molecule has 0 radical (unpaired) electrons. The van der Waals surface area contributed by atoms with Gasteiger partial charge in [-0.1, -0.05) is 35.3 Å². The molecule has 0 fully saturated rings. The highest BCUT2D eigenvalue weighted by atomic mass is 35.5. The van der Waals surface area contributed by atoms with Crippen LogP contribution in [0.25, 0.3) is 0 Å². The Morgan fingerprint density at radius 3 is 2.50 bits per heavy atom. The number of nitrogens with two attached hydrogens (primary N) is 1. The Labute approximate surface area is 161 Å². The molecular formula is C19H17Cl2NO4. The fourth-order valence-corrected chi connectivity index (χ4v) is 3.66. The van der Waals surface area contributed by atoms with Gasteiger partial charge in [-0.2, -0.15) is 0 Å². The summed E-state index contributed by atoms with van der Waals surface area (Å²) in [5, 5.41) is 0.234. The number of esters is 1. The number of carbonyl (C=O) groups excluding carboxylic acids is 2. The third kappa shape index (κ3) is 3.02. The van der Waals surface area contributed by atoms with Gasteiger partial charge in [0.25, 0.3) is 0 Å². The quantitative estimate of drug-likeness (QED) is 0.630. The van der Waals surface area contributed by atoms with Gasteiger partial charge in [-0.05, 0) is 42.7 Å². The maximum Gasteiger partial charge on any atom is 0.343 e. The van der Waals surface area contributed by atoms with Crippen molar-refractivity contribution in [2.45, 2.75) is 18.8 Å². The maximum atomic E-state index is 13.1. The van der Waals surface area contributed by atoms with Gasteiger partial charge in [0.1, 0.15) is 10.8 Å². The highest BCUT2D eigenvalue weighted by molar-refractivity contribution is 6.45. The van der Waals surface area contributed by atoms with E-state index in [1.165, 1.54) is 7.11 Å². The zero-order valence-corrected chi connectivity index (χ0v) is 15.8. The lowest BCUT2D eigenvalue weighted by Gasteiger charge is -2.22. The smallest absolute Gasteiger partial charge is 0.343 e. The second-order valence-electron chi connectivity index (χ2n) is 6.36. The molecule has 0 saturated heterocycles. The Balaban J connectivity index is 2.00. The van der Waals surface area contributed by atoms with Gasteiger partial charge in [0.05, 0.1) is 17.5 Å². The van der Waals surface area contributed by atoms with Crippen molar-refractivity contribution in [2.24, 2.45) is 0 Å². The molecule has 1 aliphatic rings. The average molecular weight is 394 g/mol. The molecule has 0 aliphatic heterocycles. The van der Waals surface area contributed by atoms with Crippen LogP contribution in [0.2, 0.25) is 10.0 Å². The minimum Gasteiger partial charge on any atom is -0.480 e. The molecule has 5 nitrogen and oxygen atoms in total. The van der Waals surface area contributed by atoms with E-state index < -0.39 is 11.4 Å². The molecule has 26 heavy (non-hydrogen) atoms. The normalized spacial score (nSPS) is 18.5. The summed E-state index contributed by atoms with van der Waals surface area (Å²) in [4.78, 5) is 24.4. The monoisotopic (exact) mass is 393 g/mol. The largest absolute Gasteiger partial charge is 0.480 e. The lowest BCUT2D eigenvalue weighted by Crippen LogP contribution is -2.29. The number of nitrogen functional groups attached to an aromatic ring is 1. The van der Waals surface area contributed by atoms with Crippen LogP contribution in [0, 0.1) is 0 Å². The van der Waals surface area contributed by atoms with Gasteiger partial charge in [-0.15, -0.1) is 0 Å². The zero-order valence-electron chi connectivity index (χ0n) is 14.3. The second-order valence-corrected chi connectivity index (χ2v) is 7.12. The number of halogens is 2. The van der Waals surface area contributed by atoms with Crippen molar-refractivity contribution in [3.63, 3.8) is 0 Å². The first-order valence-electron chi connectivity index (χ1n) is 7.89. The Kier molecular flexibility index (Phi) is 4.86. The van der Waals surface area contributed by atoms with Crippen molar-refractivity contribution in [2.75, 3.05) is 19.5 Å². The number of benzene rings is 2. The molecule has 0 bridgehead atoms. The zero-order chi connectivity index (χ0) is 19.1. The van der Waals surface area contributed by atoms with Crippen molar-refractivity contribution >= 4 is 40.6 Å². The first kappa shape index (κ1) is 18.5. The topological polar surface area (TPSA) is 78.6 Å². The maximum absolute atomic E-state index is 13.1. The summed E-state index contributed by atoms with van der Waals surface area (Å²) in [5.74, 6) is -0.403. The standard InChI is InChI=1S/C19H17Cl2NO4/c1-19(11-3-5-12(22)6-4-11)8-10-7-13(26-9-14(23)25-2)16(20)17(21)15(10)18(19)24/h3-7H,8-9,22H2,1-2H3/t19-/m1/s1. The van der Waals surface area contributed by atoms with Crippen LogP contribution in [-0.2, 0) is 21.4 Å². The Hall–Kier alpha value is -2.24. The van der Waals surface area contributed by atoms with Gasteiger partial charge >= 0.3 is 5.97 Å². The molecule has 1 aliphatic carbocycles. The summed E-state index contributed by atoms with van der Waals surface area (Å²) >= 11 is 12.6. The molecule has 0 saturated carbocycles. The molecule has 0 heterocycles. The van der Waals surface area contributed by atoms with Crippen LogP contribution in [0.15, 0.2) is 30.3 Å². The molecule has 7 heteroatoms. The molecule has 3 rings (SSSR count). The first-order chi connectivity index (χ1) is 12.3. The fourth-order valence-electron chi connectivity index (χ4n) is 3.16. The molecule has 0 spiro atoms. The predicted octanol–water partition coefficient (Wildman–Crippen LogP) is 3.82. The van der Waals surface area contributed by atoms with Crippen LogP contribution in [0.5, 0.6) is 5.75 Å². The number of fused-ring (bicyclic) bond motifs is 1. The van der Waals surface area contributed by atoms with Crippen LogP contribution in [0.3, 0.4) is 0 Å². The van der Waals surface area contributed by atoms with Crippen molar-refractivity contribution in [3.05, 3.63) is 57.1 Å². The van der Waals surface area contributed by atoms with Crippen molar-refractivity contribution < 1.29 is 19.1 Å². The third-order valence-corrected chi connectivity index (χ3v) is 5.50. The minimum atomic E-state index is -0.774. The summed E-state index contributed by atoms with van der Waals surface area (Å²) in [6.45, 7) is 1.56. The van der Waals surface area contributed by atoms with Gasteiger partial charge in [-0.3, -0.25) is 4.79 Å². The first-order valence-corrected chi connectivity index (χ1v) is 8.65. The van der Waals surface area contributed by atoms with Crippen LogP contribution >= 0.6 is 23.2 Å². The molecule has 2 N–H and O–H groups in total. The fraction of sp³-hybridized carbons (Fsp3) is 0.263. The second kappa shape index (κ2) is 6.82. The predicted molar refractivity (Wildman–Crippen MR) is 100 cm³/mol. The summed E-state index contributed by atoms with van der Waals surface area (Å²) in [5.41, 5.74) is 7.55. The number of ketones is 1. The molecule has 0 amide bonds. The van der Waals surface area contributed by atoms with Crippen LogP contribution in [0.4, 0.5) is 5.69 Å². The van der Waals surface area contributed by atoms with Crippen molar-refractivity contribution in [3.8, 4) is 5.75 Å². The van der Waals surface area contributed by atoms with E-state index in [-0.39, 0.29) is 28.2 Å². The van der Waals surface area contributed by atoms with Crippen molar-refractivity contribution in [1.29, 1.82) is 0 Å². The van der Waals surface area contributed by atoms with E-state index in [2.05, 4.69) is 4.74 Å². The molecule has 136 valence electrons. The van der Waals surface area contributed by atoms with E-state index in [1.807, 2.05) is 19.1 Å². The molecule has 1 atom stereocenters. The van der Waals surface area contributed by atoms with Crippen LogP contribution in [0.1, 0.15) is 28.4 Å². The van der Waals surface area contributed by atoms with Gasteiger partial charge in [0.2, 0.25) is 0 Å². The van der Waals surface area contributed by atoms with E-state index in [0.717, 1.165) is 11.1 Å². The summed E-state index contributed by atoms with van der Waals surface area (Å²) in [6, 6.07) is 8.85. The number of methoxy groups -OCH3 is 1. The summed E-state index contributed by atoms with van der Waals surface area (Å²) in [6.07, 6.45) is 0.441. The Morgan fingerprint density at radius 2 is 1.88 bits per heavy atom. The number of Topliss-reactive ketones (excluding diaryl/α,β-unsaturated/α-hetero) is 1. The van der Waals surface area contributed by atoms with E-state index in [1.54, 1.807) is 18.2 Å². The lowest BCUT2D eigenvalue weighted by atomic mass is 9.79. The van der Waals surface area contributed by atoms with Crippen molar-refractivity contribution in [1.82, 2.24) is 0 Å². The van der Waals surface area contributed by atoms with E-state index in [9.17, 15) is 9.59 Å². The highest BCUT2D eigenvalue weighted by Crippen LogP contribution is 2.47. The van der Waals surface area contributed by atoms with Crippen LogP contribution in [-0.4, -0.2) is 25.5 Å². The van der Waals surface area contributed by atoms with Gasteiger partial charge in [0, 0.05) is 11.3 Å². The van der Waals surface area contributed by atoms with E-state index >= 15 is 0 Å². The molecule has 2 aromatic rings. The van der Waals surface area contributed by atoms with Crippen LogP contribution < -0.4 is 10.5 Å². The lowest BCUT2D eigenvalue weighted by molar-refractivity contribution is -0.142. The van der Waals surface area contributed by atoms with Gasteiger partial charge in [0.15, 0.2) is 12.4 Å². The highest BCUT2D eigenvalue weighted by Gasteiger charge is 2.45. The third-order valence-electron chi connectivity index (χ3n) is 4.65. The SMILES string of the molecule is COC(=O)COc1cc2c(c(Cl)c1Cl)C(=O)[C@@](C)(c1ccc(N)cc1)C2. The summed E-state index contributed by atoms with van der Waals surface area (Å²) in [7, 11) is 1.26. The Morgan fingerprint density at radius 1 is 1.23 bits per heavy atom. The molecule has 0 aromatic heterocycles. The molecule has 0 unspecified atom stereocenters. The van der Waals surface area contributed by atoms with Gasteiger partial charge < -0.3 is 15.2 Å².